The summed E-state index contributed by atoms with van der Waals surface area (Å²) in [7, 11) is 1.49. The van der Waals surface area contributed by atoms with Gasteiger partial charge >= 0.3 is 5.97 Å². The van der Waals surface area contributed by atoms with Crippen LogP contribution >= 0.6 is 0 Å². The predicted octanol–water partition coefficient (Wildman–Crippen LogP) is 1.09. The topological polar surface area (TPSA) is 84.2 Å². The number of carbonyl (C=O) groups excluding carboxylic acids is 1. The molecule has 104 valence electrons. The highest BCUT2D eigenvalue weighted by Crippen LogP contribution is 2.07. The fraction of sp³-hybridized carbons (Fsp3) is 0.214. The van der Waals surface area contributed by atoms with Gasteiger partial charge in [-0.15, -0.1) is 0 Å². The lowest BCUT2D eigenvalue weighted by Gasteiger charge is -2.05. The van der Waals surface area contributed by atoms with Crippen LogP contribution in [0, 0.1) is 0 Å². The van der Waals surface area contributed by atoms with Crippen LogP contribution in [0.5, 0.6) is 0 Å². The molecule has 0 aliphatic heterocycles. The van der Waals surface area contributed by atoms with Crippen LogP contribution < -0.4 is 5.32 Å². The number of amides is 1. The molecular formula is C14H15N3O3. The molecular weight excluding hydrogens is 258 g/mol. The van der Waals surface area contributed by atoms with E-state index >= 15 is 0 Å². The normalized spacial score (nSPS) is 10.2. The molecule has 1 heterocycles. The lowest BCUT2D eigenvalue weighted by atomic mass is 10.1. The number of carboxylic acids is 1. The van der Waals surface area contributed by atoms with Crippen molar-refractivity contribution >= 4 is 11.9 Å². The molecule has 0 unspecified atom stereocenters. The second-order valence-corrected chi connectivity index (χ2v) is 4.33. The number of carbonyl (C=O) groups is 2. The van der Waals surface area contributed by atoms with Gasteiger partial charge in [0.05, 0.1) is 11.8 Å². The molecule has 0 spiro atoms. The van der Waals surface area contributed by atoms with Gasteiger partial charge in [-0.1, -0.05) is 30.3 Å². The Hall–Kier alpha value is -2.63. The number of rotatable bonds is 5. The van der Waals surface area contributed by atoms with Crippen molar-refractivity contribution in [1.29, 1.82) is 0 Å². The standard InChI is InChI=1S/C14H15N3O3/c1-17-12(14(19)20)11(9-16-17)13(18)15-8-7-10-5-3-2-4-6-10/h2-6,9H,7-8H2,1H3,(H,15,18)(H,19,20). The minimum atomic E-state index is -1.17. The summed E-state index contributed by atoms with van der Waals surface area (Å²) >= 11 is 0. The minimum absolute atomic E-state index is 0.0769. The van der Waals surface area contributed by atoms with E-state index in [2.05, 4.69) is 10.4 Å². The first-order chi connectivity index (χ1) is 9.59. The van der Waals surface area contributed by atoms with Gasteiger partial charge in [0.15, 0.2) is 5.69 Å². The van der Waals surface area contributed by atoms with E-state index in [-0.39, 0.29) is 11.3 Å². The van der Waals surface area contributed by atoms with E-state index in [1.165, 1.54) is 17.9 Å². The molecule has 20 heavy (non-hydrogen) atoms. The molecule has 2 aromatic rings. The molecule has 1 amide bonds. The fourth-order valence-corrected chi connectivity index (χ4v) is 1.92. The second-order valence-electron chi connectivity index (χ2n) is 4.33. The van der Waals surface area contributed by atoms with Crippen LogP contribution in [0.3, 0.4) is 0 Å². The smallest absolute Gasteiger partial charge is 0.354 e. The molecule has 0 aliphatic rings. The van der Waals surface area contributed by atoms with E-state index in [9.17, 15) is 9.59 Å². The third kappa shape index (κ3) is 3.03. The van der Waals surface area contributed by atoms with Crippen LogP contribution in [0.2, 0.25) is 0 Å². The molecule has 1 aromatic heterocycles. The zero-order chi connectivity index (χ0) is 14.5. The van der Waals surface area contributed by atoms with Crippen LogP contribution in [-0.2, 0) is 13.5 Å². The number of benzene rings is 1. The maximum atomic E-state index is 11.9. The van der Waals surface area contributed by atoms with Crippen LogP contribution in [0.1, 0.15) is 26.4 Å². The number of hydrogen-bond acceptors (Lipinski definition) is 3. The summed E-state index contributed by atoms with van der Waals surface area (Å²) < 4.78 is 1.18. The van der Waals surface area contributed by atoms with Crippen LogP contribution in [0.15, 0.2) is 36.5 Å². The number of aryl methyl sites for hydroxylation is 1. The Labute approximate surface area is 116 Å². The molecule has 0 saturated heterocycles. The molecule has 2 N–H and O–H groups in total. The Kier molecular flexibility index (Phi) is 4.14. The van der Waals surface area contributed by atoms with Gasteiger partial charge in [0.1, 0.15) is 0 Å². The average molecular weight is 273 g/mol. The Morgan fingerprint density at radius 3 is 2.65 bits per heavy atom. The van der Waals surface area contributed by atoms with Crippen molar-refractivity contribution in [2.75, 3.05) is 6.54 Å². The highest BCUT2D eigenvalue weighted by Gasteiger charge is 2.20. The molecule has 0 fully saturated rings. The van der Waals surface area contributed by atoms with Crippen molar-refractivity contribution in [3.05, 3.63) is 53.3 Å². The van der Waals surface area contributed by atoms with E-state index in [0.29, 0.717) is 13.0 Å². The van der Waals surface area contributed by atoms with Crippen LogP contribution in [0.4, 0.5) is 0 Å². The molecule has 0 atom stereocenters. The van der Waals surface area contributed by atoms with Crippen molar-refractivity contribution in [2.45, 2.75) is 6.42 Å². The lowest BCUT2D eigenvalue weighted by Crippen LogP contribution is -2.27. The predicted molar refractivity (Wildman–Crippen MR) is 72.6 cm³/mol. The van der Waals surface area contributed by atoms with E-state index in [1.54, 1.807) is 0 Å². The third-order valence-electron chi connectivity index (χ3n) is 2.93. The summed E-state index contributed by atoms with van der Waals surface area (Å²) in [6.45, 7) is 0.441. The Balaban J connectivity index is 1.97. The molecule has 6 nitrogen and oxygen atoms in total. The highest BCUT2D eigenvalue weighted by molar-refractivity contribution is 6.03. The Morgan fingerprint density at radius 2 is 2.00 bits per heavy atom. The highest BCUT2D eigenvalue weighted by atomic mass is 16.4. The summed E-state index contributed by atoms with van der Waals surface area (Å²) in [5, 5.41) is 15.5. The molecule has 1 aromatic carbocycles. The van der Waals surface area contributed by atoms with Gasteiger partial charge in [0, 0.05) is 13.6 Å². The molecule has 2 rings (SSSR count). The zero-order valence-electron chi connectivity index (χ0n) is 11.0. The van der Waals surface area contributed by atoms with Crippen molar-refractivity contribution < 1.29 is 14.7 Å². The Morgan fingerprint density at radius 1 is 1.30 bits per heavy atom. The third-order valence-corrected chi connectivity index (χ3v) is 2.93. The largest absolute Gasteiger partial charge is 0.477 e. The molecule has 0 aliphatic carbocycles. The van der Waals surface area contributed by atoms with E-state index < -0.39 is 11.9 Å². The number of nitrogens with one attached hydrogen (secondary N) is 1. The van der Waals surface area contributed by atoms with Gasteiger partial charge in [0.25, 0.3) is 5.91 Å². The van der Waals surface area contributed by atoms with Crippen molar-refractivity contribution in [1.82, 2.24) is 15.1 Å². The average Bonchev–Trinajstić information content (AvgIpc) is 2.82. The van der Waals surface area contributed by atoms with Gasteiger partial charge in [-0.2, -0.15) is 5.10 Å². The van der Waals surface area contributed by atoms with Gasteiger partial charge < -0.3 is 10.4 Å². The first-order valence-corrected chi connectivity index (χ1v) is 6.17. The lowest BCUT2D eigenvalue weighted by molar-refractivity contribution is 0.0679. The minimum Gasteiger partial charge on any atom is -0.477 e. The van der Waals surface area contributed by atoms with Gasteiger partial charge in [0.2, 0.25) is 0 Å². The van der Waals surface area contributed by atoms with Gasteiger partial charge in [-0.25, -0.2) is 4.79 Å². The number of aromatic carboxylic acids is 1. The first-order valence-electron chi connectivity index (χ1n) is 6.17. The zero-order valence-corrected chi connectivity index (χ0v) is 11.0. The van der Waals surface area contributed by atoms with E-state index in [0.717, 1.165) is 5.56 Å². The summed E-state index contributed by atoms with van der Waals surface area (Å²) in [6.07, 6.45) is 1.95. The van der Waals surface area contributed by atoms with Crippen molar-refractivity contribution in [3.8, 4) is 0 Å². The number of hydrogen-bond donors (Lipinski definition) is 2. The fourth-order valence-electron chi connectivity index (χ4n) is 1.92. The number of nitrogens with zero attached hydrogens (tertiary/aromatic N) is 2. The van der Waals surface area contributed by atoms with Crippen LogP contribution in [-0.4, -0.2) is 33.3 Å². The summed E-state index contributed by atoms with van der Waals surface area (Å²) in [5.74, 6) is -1.59. The summed E-state index contributed by atoms with van der Waals surface area (Å²) in [6, 6.07) is 9.73. The molecule has 0 bridgehead atoms. The van der Waals surface area contributed by atoms with E-state index in [1.807, 2.05) is 30.3 Å². The summed E-state index contributed by atoms with van der Waals surface area (Å²) in [5.41, 5.74) is 1.08. The Bertz CT molecular complexity index is 620. The van der Waals surface area contributed by atoms with Crippen molar-refractivity contribution in [3.63, 3.8) is 0 Å². The second kappa shape index (κ2) is 6.01. The molecule has 0 radical (unpaired) electrons. The van der Waals surface area contributed by atoms with Crippen molar-refractivity contribution in [2.24, 2.45) is 7.05 Å². The first kappa shape index (κ1) is 13.8. The SMILES string of the molecule is Cn1ncc(C(=O)NCCc2ccccc2)c1C(=O)O. The maximum absolute atomic E-state index is 11.9. The van der Waals surface area contributed by atoms with Gasteiger partial charge in [-0.05, 0) is 12.0 Å². The number of aromatic nitrogens is 2. The van der Waals surface area contributed by atoms with Gasteiger partial charge in [-0.3, -0.25) is 9.48 Å². The number of carboxylic acid groups (broad SMARTS) is 1. The molecule has 0 saturated carbocycles. The quantitative estimate of drug-likeness (QED) is 0.854. The van der Waals surface area contributed by atoms with Crippen LogP contribution in [0.25, 0.3) is 0 Å². The van der Waals surface area contributed by atoms with E-state index in [4.69, 9.17) is 5.11 Å². The summed E-state index contributed by atoms with van der Waals surface area (Å²) in [4.78, 5) is 23.0. The monoisotopic (exact) mass is 273 g/mol. The molecule has 6 heteroatoms. The maximum Gasteiger partial charge on any atom is 0.354 e.